The van der Waals surface area contributed by atoms with Crippen molar-refractivity contribution >= 4 is 23.4 Å². The van der Waals surface area contributed by atoms with Gasteiger partial charge in [0.15, 0.2) is 11.6 Å². The smallest absolute Gasteiger partial charge is 0.313 e. The van der Waals surface area contributed by atoms with Gasteiger partial charge < -0.3 is 9.64 Å². The molecule has 4 atom stereocenters. The third kappa shape index (κ3) is 4.20. The van der Waals surface area contributed by atoms with Gasteiger partial charge in [-0.1, -0.05) is 31.9 Å². The Balaban J connectivity index is 1.85. The van der Waals surface area contributed by atoms with E-state index in [9.17, 15) is 19.2 Å². The predicted molar refractivity (Wildman–Crippen MR) is 103 cm³/mol. The first-order valence-corrected chi connectivity index (χ1v) is 10.6. The highest BCUT2D eigenvalue weighted by Gasteiger charge is 2.61. The Hall–Kier alpha value is -1.98. The van der Waals surface area contributed by atoms with Crippen LogP contribution in [0.2, 0.25) is 0 Å². The zero-order chi connectivity index (χ0) is 20.3. The minimum absolute atomic E-state index is 0.000748. The maximum absolute atomic E-state index is 13.1. The molecule has 0 aromatic heterocycles. The monoisotopic (exact) mass is 389 g/mol. The quantitative estimate of drug-likeness (QED) is 0.536. The van der Waals surface area contributed by atoms with E-state index in [4.69, 9.17) is 4.74 Å². The van der Waals surface area contributed by atoms with E-state index in [1.165, 1.54) is 4.90 Å². The molecule has 2 heterocycles. The third-order valence-corrected chi connectivity index (χ3v) is 6.40. The largest absolute Gasteiger partial charge is 0.466 e. The molecule has 1 saturated carbocycles. The zero-order valence-electron chi connectivity index (χ0n) is 16.9. The second kappa shape index (κ2) is 8.58. The van der Waals surface area contributed by atoms with Gasteiger partial charge in [-0.3, -0.25) is 19.2 Å². The average molecular weight is 389 g/mol. The molecule has 6 nitrogen and oxygen atoms in total. The van der Waals surface area contributed by atoms with E-state index in [0.29, 0.717) is 6.42 Å². The van der Waals surface area contributed by atoms with Gasteiger partial charge in [-0.25, -0.2) is 0 Å². The van der Waals surface area contributed by atoms with Crippen LogP contribution in [0, 0.1) is 17.3 Å². The van der Waals surface area contributed by atoms with Gasteiger partial charge in [-0.2, -0.15) is 0 Å². The Labute approximate surface area is 166 Å². The molecule has 2 aliphatic heterocycles. The molecule has 3 aliphatic rings. The summed E-state index contributed by atoms with van der Waals surface area (Å²) in [6.45, 7) is 3.92. The van der Waals surface area contributed by atoms with Gasteiger partial charge in [0.1, 0.15) is 0 Å². The number of nitrogens with zero attached hydrogens (tertiary/aromatic N) is 1. The highest BCUT2D eigenvalue weighted by Crippen LogP contribution is 2.57. The summed E-state index contributed by atoms with van der Waals surface area (Å²) >= 11 is 0. The summed E-state index contributed by atoms with van der Waals surface area (Å²) in [5.74, 6) is -0.925. The fraction of sp³-hybridized carbons (Fsp3) is 0.727. The number of Topliss-reactive ketones (excluding diaryl/α,β-unsaturated/α-hetero) is 2. The standard InChI is InChI=1S/C22H31NO5/c1-3-28-21(27)22-12-16(22)10-8-6-4-5-7-9-15(2)20(26)23-14-17(24)11-18(23)19(25)13-22/h8,10,15-16,18H,3-7,9,11-14H2,1-2H3/b10-8-/t15-,16+,18-,22?/m0/s1. The number of amides is 1. The summed E-state index contributed by atoms with van der Waals surface area (Å²) < 4.78 is 5.26. The van der Waals surface area contributed by atoms with Gasteiger partial charge in [-0.05, 0) is 38.5 Å². The average Bonchev–Trinajstić information content (AvgIpc) is 3.21. The topological polar surface area (TPSA) is 80.8 Å². The number of hydrogen-bond acceptors (Lipinski definition) is 5. The Kier molecular flexibility index (Phi) is 6.36. The van der Waals surface area contributed by atoms with Crippen LogP contribution in [-0.2, 0) is 23.9 Å². The van der Waals surface area contributed by atoms with Gasteiger partial charge in [0.2, 0.25) is 5.91 Å². The lowest BCUT2D eigenvalue weighted by Crippen LogP contribution is -2.44. The molecule has 0 aromatic rings. The Morgan fingerprint density at radius 3 is 2.79 bits per heavy atom. The van der Waals surface area contributed by atoms with Crippen LogP contribution in [0.1, 0.15) is 65.2 Å². The molecule has 6 heteroatoms. The first-order valence-electron chi connectivity index (χ1n) is 10.6. The molecule has 0 N–H and O–H groups in total. The molecular formula is C22H31NO5. The fourth-order valence-corrected chi connectivity index (χ4v) is 4.57. The van der Waals surface area contributed by atoms with E-state index in [1.807, 2.05) is 6.92 Å². The molecular weight excluding hydrogens is 358 g/mol. The van der Waals surface area contributed by atoms with E-state index in [-0.39, 0.29) is 61.3 Å². The van der Waals surface area contributed by atoms with Crippen molar-refractivity contribution < 1.29 is 23.9 Å². The Morgan fingerprint density at radius 2 is 2.04 bits per heavy atom. The normalized spacial score (nSPS) is 35.4. The highest BCUT2D eigenvalue weighted by molar-refractivity contribution is 6.01. The molecule has 0 spiro atoms. The molecule has 0 bridgehead atoms. The van der Waals surface area contributed by atoms with Crippen LogP contribution in [0.25, 0.3) is 0 Å². The number of esters is 1. The van der Waals surface area contributed by atoms with Gasteiger partial charge in [-0.15, -0.1) is 0 Å². The number of fused-ring (bicyclic) bond motifs is 2. The number of carbonyl (C=O) groups is 4. The van der Waals surface area contributed by atoms with Crippen molar-refractivity contribution in [1.82, 2.24) is 4.90 Å². The van der Waals surface area contributed by atoms with Crippen molar-refractivity contribution in [2.24, 2.45) is 17.3 Å². The SMILES string of the molecule is CCOC(=O)C12CC(=O)[C@@H]3CC(=O)CN3C(=O)[C@@H](C)CCCCC/C=C\[C@@H]1C2. The van der Waals surface area contributed by atoms with Gasteiger partial charge in [0, 0.05) is 18.8 Å². The van der Waals surface area contributed by atoms with Crippen LogP contribution in [0.4, 0.5) is 0 Å². The Bertz CT molecular complexity index is 684. The maximum Gasteiger partial charge on any atom is 0.313 e. The summed E-state index contributed by atoms with van der Waals surface area (Å²) in [7, 11) is 0. The summed E-state index contributed by atoms with van der Waals surface area (Å²) in [5, 5.41) is 0. The first kappa shape index (κ1) is 20.7. The van der Waals surface area contributed by atoms with Crippen LogP contribution >= 0.6 is 0 Å². The van der Waals surface area contributed by atoms with Crippen molar-refractivity contribution in [3.05, 3.63) is 12.2 Å². The lowest BCUT2D eigenvalue weighted by Gasteiger charge is -2.27. The first-order chi connectivity index (χ1) is 13.4. The molecule has 154 valence electrons. The molecule has 0 aromatic carbocycles. The number of rotatable bonds is 2. The summed E-state index contributed by atoms with van der Waals surface area (Å²) in [6, 6.07) is -0.732. The number of ketones is 2. The summed E-state index contributed by atoms with van der Waals surface area (Å²) in [5.41, 5.74) is -0.824. The van der Waals surface area contributed by atoms with Crippen LogP contribution < -0.4 is 0 Å². The van der Waals surface area contributed by atoms with E-state index in [1.54, 1.807) is 6.92 Å². The number of allylic oxidation sites excluding steroid dienone is 2. The summed E-state index contributed by atoms with van der Waals surface area (Å²) in [4.78, 5) is 52.1. The van der Waals surface area contributed by atoms with E-state index in [0.717, 1.165) is 32.1 Å². The molecule has 2 fully saturated rings. The predicted octanol–water partition coefficient (Wildman–Crippen LogP) is 2.84. The van der Waals surface area contributed by atoms with Crippen LogP contribution in [-0.4, -0.2) is 47.5 Å². The van der Waals surface area contributed by atoms with E-state index in [2.05, 4.69) is 12.2 Å². The third-order valence-electron chi connectivity index (χ3n) is 6.40. The van der Waals surface area contributed by atoms with Crippen molar-refractivity contribution in [2.75, 3.05) is 13.2 Å². The fourth-order valence-electron chi connectivity index (χ4n) is 4.57. The molecule has 1 unspecified atom stereocenters. The zero-order valence-corrected chi connectivity index (χ0v) is 16.9. The second-order valence-corrected chi connectivity index (χ2v) is 8.52. The Morgan fingerprint density at radius 1 is 1.25 bits per heavy atom. The van der Waals surface area contributed by atoms with Gasteiger partial charge >= 0.3 is 5.97 Å². The molecule has 0 radical (unpaired) electrons. The number of ether oxygens (including phenoxy) is 1. The van der Waals surface area contributed by atoms with Crippen molar-refractivity contribution in [3.8, 4) is 0 Å². The van der Waals surface area contributed by atoms with Crippen molar-refractivity contribution in [3.63, 3.8) is 0 Å². The minimum atomic E-state index is -0.824. The lowest BCUT2D eigenvalue weighted by atomic mass is 9.91. The highest BCUT2D eigenvalue weighted by atomic mass is 16.5. The van der Waals surface area contributed by atoms with Gasteiger partial charge in [0.05, 0.1) is 24.6 Å². The molecule has 28 heavy (non-hydrogen) atoms. The second-order valence-electron chi connectivity index (χ2n) is 8.52. The molecule has 3 rings (SSSR count). The van der Waals surface area contributed by atoms with Gasteiger partial charge in [0.25, 0.3) is 0 Å². The number of carbonyl (C=O) groups excluding carboxylic acids is 4. The molecule has 1 aliphatic carbocycles. The van der Waals surface area contributed by atoms with Crippen molar-refractivity contribution in [1.29, 1.82) is 0 Å². The lowest BCUT2D eigenvalue weighted by molar-refractivity contribution is -0.152. The molecule has 1 saturated heterocycles. The van der Waals surface area contributed by atoms with E-state index >= 15 is 0 Å². The van der Waals surface area contributed by atoms with Crippen molar-refractivity contribution in [2.45, 2.75) is 71.3 Å². The summed E-state index contributed by atoms with van der Waals surface area (Å²) in [6.07, 6.45) is 9.60. The number of hydrogen-bond donors (Lipinski definition) is 0. The molecule has 1 amide bonds. The maximum atomic E-state index is 13.1. The minimum Gasteiger partial charge on any atom is -0.466 e. The van der Waals surface area contributed by atoms with Crippen LogP contribution in [0.3, 0.4) is 0 Å². The van der Waals surface area contributed by atoms with Crippen LogP contribution in [0.5, 0.6) is 0 Å². The van der Waals surface area contributed by atoms with E-state index < -0.39 is 11.5 Å². The van der Waals surface area contributed by atoms with Crippen LogP contribution in [0.15, 0.2) is 12.2 Å².